The van der Waals surface area contributed by atoms with Gasteiger partial charge in [-0.3, -0.25) is 24.1 Å². The molecule has 5 heterocycles. The number of primary amides is 1. The molecular formula is C33H38FN8O6+. The number of halogens is 1. The lowest BCUT2D eigenvalue weighted by atomic mass is 9.83. The van der Waals surface area contributed by atoms with Crippen LogP contribution in [0.4, 0.5) is 15.8 Å². The first-order valence-corrected chi connectivity index (χ1v) is 15.8. The first-order chi connectivity index (χ1) is 22.7. The molecule has 48 heavy (non-hydrogen) atoms. The van der Waals surface area contributed by atoms with E-state index in [0.29, 0.717) is 46.2 Å². The van der Waals surface area contributed by atoms with Crippen LogP contribution in [-0.2, 0) is 28.7 Å². The molecule has 1 fully saturated rings. The van der Waals surface area contributed by atoms with Gasteiger partial charge < -0.3 is 26.5 Å². The molecule has 4 amide bonds. The maximum atomic E-state index is 15.9. The molecule has 15 heteroatoms. The number of hydrogen-bond donors (Lipinski definition) is 4. The molecule has 1 saturated heterocycles. The molecule has 4 aliphatic rings. The third-order valence-electron chi connectivity index (χ3n) is 9.06. The van der Waals surface area contributed by atoms with Crippen LogP contribution in [0.3, 0.4) is 0 Å². The zero-order valence-electron chi connectivity index (χ0n) is 27.0. The first-order valence-electron chi connectivity index (χ1n) is 15.8. The molecule has 0 spiro atoms. The van der Waals surface area contributed by atoms with Crippen LogP contribution in [0.15, 0.2) is 30.5 Å². The van der Waals surface area contributed by atoms with Crippen molar-refractivity contribution in [1.29, 1.82) is 5.41 Å². The number of piperidine rings is 1. The second-order valence-electron chi connectivity index (χ2n) is 13.4. The van der Waals surface area contributed by atoms with Gasteiger partial charge in [0.05, 0.1) is 30.5 Å². The molecule has 252 valence electrons. The van der Waals surface area contributed by atoms with Crippen molar-refractivity contribution in [1.82, 2.24) is 19.8 Å². The van der Waals surface area contributed by atoms with Crippen LogP contribution in [0.5, 0.6) is 0 Å². The Morgan fingerprint density at radius 3 is 2.56 bits per heavy atom. The molecule has 14 nitrogen and oxygen atoms in total. The molecule has 7 rings (SSSR count). The van der Waals surface area contributed by atoms with Gasteiger partial charge in [-0.2, -0.15) is 0 Å². The van der Waals surface area contributed by atoms with Gasteiger partial charge in [0, 0.05) is 47.4 Å². The topological polar surface area (TPSA) is 190 Å². The maximum absolute atomic E-state index is 15.9. The zero-order chi connectivity index (χ0) is 34.5. The summed E-state index contributed by atoms with van der Waals surface area (Å²) < 4.78 is 21.0. The Bertz CT molecular complexity index is 1890. The fraction of sp³-hybridized carbons (Fsp3) is 0.424. The molecule has 0 unspecified atom stereocenters. The van der Waals surface area contributed by atoms with E-state index in [4.69, 9.17) is 10.5 Å². The number of amides is 4. The summed E-state index contributed by atoms with van der Waals surface area (Å²) in [4.78, 5) is 66.4. The van der Waals surface area contributed by atoms with Crippen LogP contribution in [0.25, 0.3) is 22.0 Å². The molecule has 0 saturated carbocycles. The van der Waals surface area contributed by atoms with E-state index >= 15 is 4.39 Å². The third-order valence-corrected chi connectivity index (χ3v) is 9.06. The average Bonchev–Trinajstić information content (AvgIpc) is 3.44. The average molecular weight is 662 g/mol. The van der Waals surface area contributed by atoms with Crippen LogP contribution < -0.4 is 25.9 Å². The summed E-state index contributed by atoms with van der Waals surface area (Å²) in [5.74, 6) is -3.33. The number of carbonyl (C=O) groups excluding carboxylic acids is 5. The van der Waals surface area contributed by atoms with Crippen LogP contribution in [0, 0.1) is 17.1 Å². The summed E-state index contributed by atoms with van der Waals surface area (Å²) in [6.45, 7) is 4.77. The Labute approximate surface area is 275 Å². The van der Waals surface area contributed by atoms with E-state index in [1.54, 1.807) is 43.8 Å². The molecule has 4 aliphatic heterocycles. The second-order valence-corrected chi connectivity index (χ2v) is 13.4. The van der Waals surface area contributed by atoms with Gasteiger partial charge in [0.25, 0.3) is 0 Å². The van der Waals surface area contributed by atoms with Crippen LogP contribution in [0.1, 0.15) is 52.0 Å². The summed E-state index contributed by atoms with van der Waals surface area (Å²) in [6, 6.07) is 6.20. The molecule has 0 aliphatic carbocycles. The van der Waals surface area contributed by atoms with E-state index < -0.39 is 41.7 Å². The Hall–Kier alpha value is -5.18. The number of aromatic nitrogens is 2. The Balaban J connectivity index is 1.41. The first kappa shape index (κ1) is 32.7. The summed E-state index contributed by atoms with van der Waals surface area (Å²) in [5, 5.41) is 20.1. The number of benzene rings is 2. The highest BCUT2D eigenvalue weighted by atomic mass is 19.1. The van der Waals surface area contributed by atoms with Gasteiger partial charge in [-0.05, 0) is 44.5 Å². The highest BCUT2D eigenvalue weighted by Gasteiger charge is 2.46. The molecule has 3 aromatic rings. The molecular weight excluding hydrogens is 623 g/mol. The zero-order valence-corrected chi connectivity index (χ0v) is 27.0. The summed E-state index contributed by atoms with van der Waals surface area (Å²) in [6.07, 6.45) is 2.14. The second kappa shape index (κ2) is 12.1. The fourth-order valence-corrected chi connectivity index (χ4v) is 6.83. The van der Waals surface area contributed by atoms with Crippen molar-refractivity contribution in [3.8, 4) is 11.1 Å². The fourth-order valence-electron chi connectivity index (χ4n) is 6.83. The highest BCUT2D eigenvalue weighted by Crippen LogP contribution is 2.43. The van der Waals surface area contributed by atoms with Crippen molar-refractivity contribution in [2.45, 2.75) is 52.1 Å². The van der Waals surface area contributed by atoms with Gasteiger partial charge in [0.2, 0.25) is 17.7 Å². The number of quaternary nitrogens is 1. The van der Waals surface area contributed by atoms with Gasteiger partial charge in [-0.25, -0.2) is 9.18 Å². The molecule has 5 N–H and O–H groups in total. The summed E-state index contributed by atoms with van der Waals surface area (Å²) in [7, 11) is 0. The van der Waals surface area contributed by atoms with Crippen molar-refractivity contribution < 1.29 is 33.1 Å². The van der Waals surface area contributed by atoms with E-state index in [-0.39, 0.29) is 66.7 Å². The summed E-state index contributed by atoms with van der Waals surface area (Å²) in [5.41, 5.74) is 7.10. The number of anilines is 2. The van der Waals surface area contributed by atoms with Gasteiger partial charge in [-0.15, -0.1) is 9.69 Å². The van der Waals surface area contributed by atoms with Crippen molar-refractivity contribution in [3.05, 3.63) is 41.8 Å². The minimum absolute atomic E-state index is 0.0836. The lowest BCUT2D eigenvalue weighted by Gasteiger charge is -2.40. The van der Waals surface area contributed by atoms with E-state index in [1.165, 1.54) is 17.2 Å². The van der Waals surface area contributed by atoms with Gasteiger partial charge >= 0.3 is 11.9 Å². The smallest absolute Gasteiger partial charge is 0.340 e. The standard InChI is InChI=1S/C33H37FN8O6/c1-33(2,3)48-29(47)16-37-26(44)17-40-23-5-4-20-21-13-24-19(12-22(21)34)14-39-41(24)42(28(46)7-6-25(35)43)10-8-18(9-11-42)31(36)30(20)32(23)38-15-27(40)45/h4-5,12-14,18H,6-11,15-17H2,1-3H3,(H4-,35,36,37,38,43,44)/p+1. The third kappa shape index (κ3) is 5.89. The monoisotopic (exact) mass is 661 g/mol. The van der Waals surface area contributed by atoms with Crippen LogP contribution >= 0.6 is 0 Å². The maximum Gasteiger partial charge on any atom is 0.340 e. The van der Waals surface area contributed by atoms with Gasteiger partial charge in [0.15, 0.2) is 0 Å². The number of fused-ring (bicyclic) bond motifs is 3. The van der Waals surface area contributed by atoms with Gasteiger partial charge in [0.1, 0.15) is 43.1 Å². The number of nitrogens with one attached hydrogen (secondary N) is 3. The number of nitrogens with two attached hydrogens (primary N) is 1. The number of nitrogens with zero attached hydrogens (tertiary/aromatic N) is 4. The van der Waals surface area contributed by atoms with E-state index in [1.807, 2.05) is 0 Å². The number of esters is 1. The highest BCUT2D eigenvalue weighted by molar-refractivity contribution is 6.16. The van der Waals surface area contributed by atoms with Gasteiger partial charge in [-0.1, -0.05) is 10.9 Å². The van der Waals surface area contributed by atoms with E-state index in [9.17, 15) is 29.4 Å². The normalized spacial score (nSPS) is 20.1. The molecule has 0 atom stereocenters. The number of rotatable bonds is 7. The largest absolute Gasteiger partial charge is 0.459 e. The molecule has 2 aromatic carbocycles. The van der Waals surface area contributed by atoms with Crippen molar-refractivity contribution in [2.24, 2.45) is 11.7 Å². The quantitative estimate of drug-likeness (QED) is 0.219. The van der Waals surface area contributed by atoms with E-state index in [0.717, 1.165) is 0 Å². The molecule has 1 aromatic heterocycles. The Morgan fingerprint density at radius 2 is 1.88 bits per heavy atom. The SMILES string of the molecule is CC(C)(C)OC(=O)CNC(=O)CN1C(=O)CNc2c1ccc1c2C(=N)C2CC[N+](C(=O)CCC(N)=O)(CC2)n2ncc3cc(F)c-1cc32. The number of ether oxygens (including phenoxy) is 1. The lowest BCUT2D eigenvalue weighted by Crippen LogP contribution is -2.66. The Morgan fingerprint density at radius 1 is 1.15 bits per heavy atom. The van der Waals surface area contributed by atoms with E-state index in [2.05, 4.69) is 15.7 Å². The minimum atomic E-state index is -0.726. The number of hydrogen-bond acceptors (Lipinski definition) is 9. The summed E-state index contributed by atoms with van der Waals surface area (Å²) >= 11 is 0. The number of carbonyl (C=O) groups is 5. The predicted octanol–water partition coefficient (Wildman–Crippen LogP) is 2.08. The van der Waals surface area contributed by atoms with Crippen molar-refractivity contribution in [2.75, 3.05) is 42.9 Å². The van der Waals surface area contributed by atoms with Crippen LogP contribution in [0.2, 0.25) is 0 Å². The lowest BCUT2D eigenvalue weighted by molar-refractivity contribution is -0.154. The van der Waals surface area contributed by atoms with Crippen molar-refractivity contribution in [3.63, 3.8) is 0 Å². The molecule has 0 radical (unpaired) electrons. The molecule has 4 bridgehead atoms. The Kier molecular flexibility index (Phi) is 8.27. The van der Waals surface area contributed by atoms with Crippen LogP contribution in [-0.4, -0.2) is 83.5 Å². The van der Waals surface area contributed by atoms with Crippen molar-refractivity contribution >= 4 is 57.6 Å². The predicted molar refractivity (Wildman–Crippen MR) is 175 cm³/mol. The minimum Gasteiger partial charge on any atom is -0.459 e.